The van der Waals surface area contributed by atoms with Gasteiger partial charge in [0, 0.05) is 16.7 Å². The zero-order chi connectivity index (χ0) is 14.3. The molecule has 1 aromatic carbocycles. The molecule has 0 aliphatic rings. The van der Waals surface area contributed by atoms with Crippen molar-refractivity contribution < 1.29 is 14.3 Å². The average molecular weight is 283 g/mol. The highest BCUT2D eigenvalue weighted by atomic mass is 32.2. The Kier molecular flexibility index (Phi) is 6.73. The molecule has 0 spiro atoms. The van der Waals surface area contributed by atoms with E-state index in [-0.39, 0.29) is 18.1 Å². The topological polar surface area (TPSA) is 47.6 Å². The number of hydrogen-bond acceptors (Lipinski definition) is 5. The van der Waals surface area contributed by atoms with Gasteiger partial charge in [-0.1, -0.05) is 19.9 Å². The van der Waals surface area contributed by atoms with Gasteiger partial charge in [-0.3, -0.25) is 4.79 Å². The van der Waals surface area contributed by atoms with Gasteiger partial charge in [-0.05, 0) is 18.2 Å². The average Bonchev–Trinajstić information content (AvgIpc) is 2.42. The van der Waals surface area contributed by atoms with E-state index in [4.69, 9.17) is 9.47 Å². The molecular formula is C14H21NO3S. The number of ether oxygens (including phenoxy) is 2. The van der Waals surface area contributed by atoms with Crippen molar-refractivity contribution in [2.75, 3.05) is 20.0 Å². The maximum absolute atomic E-state index is 11.7. The number of esters is 1. The van der Waals surface area contributed by atoms with E-state index in [2.05, 4.69) is 5.32 Å². The van der Waals surface area contributed by atoms with E-state index in [0.29, 0.717) is 5.75 Å². The van der Waals surface area contributed by atoms with Crippen LogP contribution in [0.15, 0.2) is 29.2 Å². The second kappa shape index (κ2) is 8.07. The van der Waals surface area contributed by atoms with E-state index >= 15 is 0 Å². The Morgan fingerprint density at radius 3 is 2.68 bits per heavy atom. The molecule has 0 saturated carbocycles. The molecule has 0 radical (unpaired) electrons. The lowest BCUT2D eigenvalue weighted by Gasteiger charge is -2.18. The van der Waals surface area contributed by atoms with Crippen LogP contribution in [0.25, 0.3) is 0 Å². The van der Waals surface area contributed by atoms with Crippen LogP contribution >= 0.6 is 11.8 Å². The molecular weight excluding hydrogens is 262 g/mol. The number of carbonyl (C=O) groups excluding carboxylic acids is 1. The zero-order valence-electron chi connectivity index (χ0n) is 11.8. The summed E-state index contributed by atoms with van der Waals surface area (Å²) in [6.45, 7) is 4.01. The van der Waals surface area contributed by atoms with Crippen LogP contribution in [0, 0.1) is 0 Å². The minimum absolute atomic E-state index is 0.231. The van der Waals surface area contributed by atoms with E-state index in [1.54, 1.807) is 18.9 Å². The lowest BCUT2D eigenvalue weighted by atomic mass is 10.3. The van der Waals surface area contributed by atoms with Crippen molar-refractivity contribution in [2.45, 2.75) is 30.8 Å². The van der Waals surface area contributed by atoms with Gasteiger partial charge < -0.3 is 14.8 Å². The second-order valence-electron chi connectivity index (χ2n) is 4.39. The Morgan fingerprint density at radius 2 is 2.11 bits per heavy atom. The maximum atomic E-state index is 11.7. The normalized spacial score (nSPS) is 12.3. The molecule has 1 N–H and O–H groups in total. The number of carbonyl (C=O) groups is 1. The molecule has 0 aromatic heterocycles. The van der Waals surface area contributed by atoms with Crippen molar-refractivity contribution >= 4 is 17.7 Å². The van der Waals surface area contributed by atoms with E-state index in [1.807, 2.05) is 38.1 Å². The third kappa shape index (κ3) is 5.53. The summed E-state index contributed by atoms with van der Waals surface area (Å²) in [5, 5.41) is 3.20. The predicted molar refractivity (Wildman–Crippen MR) is 77.8 cm³/mol. The van der Waals surface area contributed by atoms with Crippen LogP contribution in [0.3, 0.4) is 0 Å². The SMILES string of the molecule is COC(=O)C(CSc1cccc(OC)c1)NC(C)C. The summed E-state index contributed by atoms with van der Waals surface area (Å²) in [6, 6.07) is 7.71. The molecule has 1 aromatic rings. The minimum atomic E-state index is -0.304. The molecule has 0 fully saturated rings. The summed E-state index contributed by atoms with van der Waals surface area (Å²) in [4.78, 5) is 12.7. The van der Waals surface area contributed by atoms with E-state index in [1.165, 1.54) is 7.11 Å². The summed E-state index contributed by atoms with van der Waals surface area (Å²) in [6.07, 6.45) is 0. The Balaban J connectivity index is 2.61. The number of benzene rings is 1. The molecule has 0 saturated heterocycles. The first kappa shape index (κ1) is 15.9. The van der Waals surface area contributed by atoms with Crippen LogP contribution < -0.4 is 10.1 Å². The Bertz CT molecular complexity index is 409. The van der Waals surface area contributed by atoms with Crippen molar-refractivity contribution in [1.82, 2.24) is 5.32 Å². The fraction of sp³-hybridized carbons (Fsp3) is 0.500. The summed E-state index contributed by atoms with van der Waals surface area (Å²) < 4.78 is 9.98. The summed E-state index contributed by atoms with van der Waals surface area (Å²) in [5.41, 5.74) is 0. The largest absolute Gasteiger partial charge is 0.497 e. The van der Waals surface area contributed by atoms with Crippen LogP contribution in [0.2, 0.25) is 0 Å². The monoisotopic (exact) mass is 283 g/mol. The van der Waals surface area contributed by atoms with Gasteiger partial charge in [-0.15, -0.1) is 11.8 Å². The van der Waals surface area contributed by atoms with Crippen molar-refractivity contribution in [1.29, 1.82) is 0 Å². The molecule has 0 aliphatic heterocycles. The van der Waals surface area contributed by atoms with Gasteiger partial charge in [0.25, 0.3) is 0 Å². The first-order valence-electron chi connectivity index (χ1n) is 6.17. The highest BCUT2D eigenvalue weighted by Gasteiger charge is 2.19. The van der Waals surface area contributed by atoms with Gasteiger partial charge in [-0.2, -0.15) is 0 Å². The minimum Gasteiger partial charge on any atom is -0.497 e. The van der Waals surface area contributed by atoms with Gasteiger partial charge >= 0.3 is 5.97 Å². The smallest absolute Gasteiger partial charge is 0.323 e. The number of hydrogen-bond donors (Lipinski definition) is 1. The summed E-state index contributed by atoms with van der Waals surface area (Å²) in [5.74, 6) is 1.21. The number of rotatable bonds is 7. The molecule has 19 heavy (non-hydrogen) atoms. The standard InChI is InChI=1S/C14H21NO3S/c1-10(2)15-13(14(16)18-4)9-19-12-7-5-6-11(8-12)17-3/h5-8,10,13,15H,9H2,1-4H3. The number of methoxy groups -OCH3 is 2. The third-order valence-electron chi connectivity index (χ3n) is 2.48. The third-order valence-corrected chi connectivity index (χ3v) is 3.57. The molecule has 0 heterocycles. The van der Waals surface area contributed by atoms with Gasteiger partial charge in [0.05, 0.1) is 14.2 Å². The first-order chi connectivity index (χ1) is 9.06. The number of nitrogens with one attached hydrogen (secondary N) is 1. The molecule has 0 bridgehead atoms. The molecule has 1 unspecified atom stereocenters. The quantitative estimate of drug-likeness (QED) is 0.615. The van der Waals surface area contributed by atoms with Gasteiger partial charge in [-0.25, -0.2) is 0 Å². The van der Waals surface area contributed by atoms with Crippen LogP contribution in [-0.4, -0.2) is 38.0 Å². The molecule has 1 rings (SSSR count). The van der Waals surface area contributed by atoms with Crippen LogP contribution in [0.4, 0.5) is 0 Å². The zero-order valence-corrected chi connectivity index (χ0v) is 12.6. The maximum Gasteiger partial charge on any atom is 0.323 e. The molecule has 5 heteroatoms. The van der Waals surface area contributed by atoms with Gasteiger partial charge in [0.2, 0.25) is 0 Å². The molecule has 106 valence electrons. The van der Waals surface area contributed by atoms with E-state index in [9.17, 15) is 4.79 Å². The Morgan fingerprint density at radius 1 is 1.37 bits per heavy atom. The van der Waals surface area contributed by atoms with Gasteiger partial charge in [0.1, 0.15) is 11.8 Å². The van der Waals surface area contributed by atoms with E-state index in [0.717, 1.165) is 10.6 Å². The van der Waals surface area contributed by atoms with Crippen LogP contribution in [0.1, 0.15) is 13.8 Å². The molecule has 0 aliphatic carbocycles. The van der Waals surface area contributed by atoms with Crippen molar-refractivity contribution in [3.05, 3.63) is 24.3 Å². The fourth-order valence-electron chi connectivity index (χ4n) is 1.60. The van der Waals surface area contributed by atoms with Crippen molar-refractivity contribution in [3.63, 3.8) is 0 Å². The van der Waals surface area contributed by atoms with Crippen LogP contribution in [0.5, 0.6) is 5.75 Å². The van der Waals surface area contributed by atoms with Crippen molar-refractivity contribution in [2.24, 2.45) is 0 Å². The second-order valence-corrected chi connectivity index (χ2v) is 5.48. The summed E-state index contributed by atoms with van der Waals surface area (Å²) in [7, 11) is 3.05. The Labute approximate surface area is 118 Å². The predicted octanol–water partition coefficient (Wildman–Crippen LogP) is 2.33. The van der Waals surface area contributed by atoms with Crippen LogP contribution in [-0.2, 0) is 9.53 Å². The molecule has 4 nitrogen and oxygen atoms in total. The van der Waals surface area contributed by atoms with E-state index < -0.39 is 0 Å². The number of thioether (sulfide) groups is 1. The fourth-order valence-corrected chi connectivity index (χ4v) is 2.57. The van der Waals surface area contributed by atoms with Gasteiger partial charge in [0.15, 0.2) is 0 Å². The highest BCUT2D eigenvalue weighted by molar-refractivity contribution is 7.99. The highest BCUT2D eigenvalue weighted by Crippen LogP contribution is 2.23. The Hall–Kier alpha value is -1.20. The lowest BCUT2D eigenvalue weighted by Crippen LogP contribution is -2.43. The molecule has 0 amide bonds. The molecule has 1 atom stereocenters. The lowest BCUT2D eigenvalue weighted by molar-refractivity contribution is -0.142. The first-order valence-corrected chi connectivity index (χ1v) is 7.16. The summed E-state index contributed by atoms with van der Waals surface area (Å²) >= 11 is 1.60. The van der Waals surface area contributed by atoms with Crippen molar-refractivity contribution in [3.8, 4) is 5.75 Å².